The number of benzene rings is 1. The van der Waals surface area contributed by atoms with E-state index in [1.54, 1.807) is 0 Å². The molecule has 2 nitrogen and oxygen atoms in total. The molecule has 0 aliphatic carbocycles. The first-order valence-electron chi connectivity index (χ1n) is 6.06. The van der Waals surface area contributed by atoms with E-state index < -0.39 is 5.60 Å². The van der Waals surface area contributed by atoms with Gasteiger partial charge in [-0.05, 0) is 37.8 Å². The summed E-state index contributed by atoms with van der Waals surface area (Å²) in [5.41, 5.74) is 2.33. The summed E-state index contributed by atoms with van der Waals surface area (Å²) in [5.74, 6) is 0. The lowest BCUT2D eigenvalue weighted by Crippen LogP contribution is -2.42. The number of nitrogens with zero attached hydrogens (tertiary/aromatic N) is 1. The Kier molecular flexibility index (Phi) is 3.31. The van der Waals surface area contributed by atoms with Crippen molar-refractivity contribution in [3.8, 4) is 0 Å². The zero-order chi connectivity index (χ0) is 11.6. The largest absolute Gasteiger partial charge is 0.390 e. The summed E-state index contributed by atoms with van der Waals surface area (Å²) in [4.78, 5) is 2.43. The number of likely N-dealkylation sites (tertiary alicyclic amines) is 1. The van der Waals surface area contributed by atoms with Gasteiger partial charge in [-0.25, -0.2) is 0 Å². The maximum absolute atomic E-state index is 9.89. The second-order valence-electron chi connectivity index (χ2n) is 5.20. The van der Waals surface area contributed by atoms with Crippen molar-refractivity contribution in [2.45, 2.75) is 38.8 Å². The minimum absolute atomic E-state index is 0.442. The van der Waals surface area contributed by atoms with E-state index in [9.17, 15) is 5.11 Å². The topological polar surface area (TPSA) is 23.5 Å². The molecular formula is C14H21NO. The fraction of sp³-hybridized carbons (Fsp3) is 0.571. The van der Waals surface area contributed by atoms with Crippen LogP contribution in [0.15, 0.2) is 24.3 Å². The molecule has 1 fully saturated rings. The van der Waals surface area contributed by atoms with E-state index in [4.69, 9.17) is 0 Å². The van der Waals surface area contributed by atoms with Crippen molar-refractivity contribution < 1.29 is 5.11 Å². The van der Waals surface area contributed by atoms with Crippen LogP contribution in [0.4, 0.5) is 0 Å². The van der Waals surface area contributed by atoms with Gasteiger partial charge in [0.15, 0.2) is 0 Å². The molecule has 1 aliphatic rings. The van der Waals surface area contributed by atoms with Crippen LogP contribution >= 0.6 is 0 Å². The molecule has 0 spiro atoms. The number of rotatable bonds is 2. The van der Waals surface area contributed by atoms with Crippen LogP contribution in [0.3, 0.4) is 0 Å². The van der Waals surface area contributed by atoms with E-state index in [1.165, 1.54) is 11.1 Å². The van der Waals surface area contributed by atoms with Gasteiger partial charge in [0, 0.05) is 19.6 Å². The average Bonchev–Trinajstić information content (AvgIpc) is 2.24. The van der Waals surface area contributed by atoms with Crippen molar-refractivity contribution in [2.24, 2.45) is 0 Å². The van der Waals surface area contributed by atoms with Crippen LogP contribution in [0, 0.1) is 6.92 Å². The molecule has 88 valence electrons. The predicted octanol–water partition coefficient (Wildman–Crippen LogP) is 2.34. The van der Waals surface area contributed by atoms with Crippen molar-refractivity contribution in [1.82, 2.24) is 4.90 Å². The van der Waals surface area contributed by atoms with E-state index in [1.807, 2.05) is 6.92 Å². The first-order valence-corrected chi connectivity index (χ1v) is 6.06. The second kappa shape index (κ2) is 4.56. The minimum atomic E-state index is -0.442. The lowest BCUT2D eigenvalue weighted by Gasteiger charge is -2.36. The molecule has 1 aromatic carbocycles. The third-order valence-electron chi connectivity index (χ3n) is 3.59. The Morgan fingerprint density at radius 1 is 1.25 bits per heavy atom. The molecule has 1 N–H and O–H groups in total. The molecule has 0 radical (unpaired) electrons. The Balaban J connectivity index is 1.95. The van der Waals surface area contributed by atoms with Gasteiger partial charge in [0.25, 0.3) is 0 Å². The van der Waals surface area contributed by atoms with Gasteiger partial charge in [-0.2, -0.15) is 0 Å². The highest BCUT2D eigenvalue weighted by Crippen LogP contribution is 2.22. The van der Waals surface area contributed by atoms with E-state index >= 15 is 0 Å². The molecule has 0 bridgehead atoms. The molecule has 1 saturated heterocycles. The summed E-state index contributed by atoms with van der Waals surface area (Å²) in [5, 5.41) is 9.89. The first-order chi connectivity index (χ1) is 7.57. The van der Waals surface area contributed by atoms with Crippen LogP contribution in [0.2, 0.25) is 0 Å². The highest BCUT2D eigenvalue weighted by atomic mass is 16.3. The molecule has 1 aliphatic heterocycles. The molecule has 0 aromatic heterocycles. The van der Waals surface area contributed by atoms with Crippen molar-refractivity contribution in [3.63, 3.8) is 0 Å². The van der Waals surface area contributed by atoms with Gasteiger partial charge in [0.2, 0.25) is 0 Å². The fourth-order valence-electron chi connectivity index (χ4n) is 2.22. The van der Waals surface area contributed by atoms with Crippen molar-refractivity contribution in [1.29, 1.82) is 0 Å². The Labute approximate surface area is 97.9 Å². The summed E-state index contributed by atoms with van der Waals surface area (Å²) < 4.78 is 0. The van der Waals surface area contributed by atoms with Crippen LogP contribution in [0.5, 0.6) is 0 Å². The first kappa shape index (κ1) is 11.6. The molecular weight excluding hydrogens is 198 g/mol. The SMILES string of the molecule is Cc1ccccc1CN1CCC(C)(O)CC1. The fourth-order valence-corrected chi connectivity index (χ4v) is 2.22. The highest BCUT2D eigenvalue weighted by Gasteiger charge is 2.27. The van der Waals surface area contributed by atoms with Crippen molar-refractivity contribution >= 4 is 0 Å². The third kappa shape index (κ3) is 2.83. The number of aryl methyl sites for hydroxylation is 1. The molecule has 0 amide bonds. The monoisotopic (exact) mass is 219 g/mol. The van der Waals surface area contributed by atoms with Crippen LogP contribution in [0.1, 0.15) is 30.9 Å². The Morgan fingerprint density at radius 3 is 2.50 bits per heavy atom. The average molecular weight is 219 g/mol. The minimum Gasteiger partial charge on any atom is -0.390 e. The maximum Gasteiger partial charge on any atom is 0.0644 e. The zero-order valence-electron chi connectivity index (χ0n) is 10.2. The van der Waals surface area contributed by atoms with Crippen molar-refractivity contribution in [3.05, 3.63) is 35.4 Å². The summed E-state index contributed by atoms with van der Waals surface area (Å²) in [6.07, 6.45) is 1.78. The maximum atomic E-state index is 9.89. The Bertz CT molecular complexity index is 350. The van der Waals surface area contributed by atoms with E-state index in [0.29, 0.717) is 0 Å². The normalized spacial score (nSPS) is 20.9. The van der Waals surface area contributed by atoms with Gasteiger partial charge < -0.3 is 5.11 Å². The van der Waals surface area contributed by atoms with E-state index in [2.05, 4.69) is 36.1 Å². The predicted molar refractivity (Wildman–Crippen MR) is 66.3 cm³/mol. The number of hydrogen-bond acceptors (Lipinski definition) is 2. The molecule has 16 heavy (non-hydrogen) atoms. The van der Waals surface area contributed by atoms with Crippen LogP contribution in [0.25, 0.3) is 0 Å². The van der Waals surface area contributed by atoms with Gasteiger partial charge in [-0.1, -0.05) is 24.3 Å². The number of hydrogen-bond donors (Lipinski definition) is 1. The Hall–Kier alpha value is -0.860. The summed E-state index contributed by atoms with van der Waals surface area (Å²) in [7, 11) is 0. The second-order valence-corrected chi connectivity index (χ2v) is 5.20. The molecule has 0 atom stereocenters. The van der Waals surface area contributed by atoms with Gasteiger partial charge in [-0.15, -0.1) is 0 Å². The van der Waals surface area contributed by atoms with Crippen LogP contribution in [-0.2, 0) is 6.54 Å². The standard InChI is InChI=1S/C14H21NO/c1-12-5-3-4-6-13(12)11-15-9-7-14(2,16)8-10-15/h3-6,16H,7-11H2,1-2H3. The molecule has 0 unspecified atom stereocenters. The lowest BCUT2D eigenvalue weighted by atomic mass is 9.93. The van der Waals surface area contributed by atoms with Crippen LogP contribution < -0.4 is 0 Å². The summed E-state index contributed by atoms with van der Waals surface area (Å²) >= 11 is 0. The molecule has 2 rings (SSSR count). The van der Waals surface area contributed by atoms with Gasteiger partial charge >= 0.3 is 0 Å². The lowest BCUT2D eigenvalue weighted by molar-refractivity contribution is -0.00733. The Morgan fingerprint density at radius 2 is 1.88 bits per heavy atom. The van der Waals surface area contributed by atoms with Crippen molar-refractivity contribution in [2.75, 3.05) is 13.1 Å². The number of aliphatic hydroxyl groups is 1. The van der Waals surface area contributed by atoms with Gasteiger partial charge in [0.05, 0.1) is 5.60 Å². The van der Waals surface area contributed by atoms with Gasteiger partial charge in [-0.3, -0.25) is 4.90 Å². The molecule has 2 heteroatoms. The number of piperidine rings is 1. The molecule has 1 heterocycles. The van der Waals surface area contributed by atoms with E-state index in [0.717, 1.165) is 32.5 Å². The third-order valence-corrected chi connectivity index (χ3v) is 3.59. The quantitative estimate of drug-likeness (QED) is 0.825. The molecule has 1 aromatic rings. The molecule has 0 saturated carbocycles. The smallest absolute Gasteiger partial charge is 0.0644 e. The van der Waals surface area contributed by atoms with E-state index in [-0.39, 0.29) is 0 Å². The summed E-state index contributed by atoms with van der Waals surface area (Å²) in [6, 6.07) is 8.54. The highest BCUT2D eigenvalue weighted by molar-refractivity contribution is 5.25. The summed E-state index contributed by atoms with van der Waals surface area (Å²) in [6.45, 7) is 7.12. The zero-order valence-corrected chi connectivity index (χ0v) is 10.2. The van der Waals surface area contributed by atoms with Crippen LogP contribution in [-0.4, -0.2) is 28.7 Å². The van der Waals surface area contributed by atoms with Gasteiger partial charge in [0.1, 0.15) is 0 Å².